The first-order chi connectivity index (χ1) is 14.1. The minimum atomic E-state index is -0.123. The van der Waals surface area contributed by atoms with Gasteiger partial charge >= 0.3 is 0 Å². The second-order valence-electron chi connectivity index (χ2n) is 7.52. The van der Waals surface area contributed by atoms with Crippen molar-refractivity contribution in [3.8, 4) is 11.5 Å². The van der Waals surface area contributed by atoms with E-state index in [0.29, 0.717) is 25.3 Å². The second kappa shape index (κ2) is 7.30. The Morgan fingerprint density at radius 1 is 1.14 bits per heavy atom. The molecule has 6 nitrogen and oxygen atoms in total. The highest BCUT2D eigenvalue weighted by atomic mass is 32.2. The molecular weight excluding hydrogens is 388 g/mol. The number of nitrogens with zero attached hydrogens (tertiary/aromatic N) is 1. The third-order valence-electron chi connectivity index (χ3n) is 5.62. The number of thioether (sulfide) groups is 1. The summed E-state index contributed by atoms with van der Waals surface area (Å²) in [5, 5.41) is 2.79. The lowest BCUT2D eigenvalue weighted by atomic mass is 10.0. The molecule has 0 saturated carbocycles. The van der Waals surface area contributed by atoms with Crippen molar-refractivity contribution in [2.24, 2.45) is 0 Å². The van der Waals surface area contributed by atoms with Crippen LogP contribution in [0.1, 0.15) is 41.7 Å². The summed E-state index contributed by atoms with van der Waals surface area (Å²) in [7, 11) is 0. The van der Waals surface area contributed by atoms with Gasteiger partial charge in [-0.15, -0.1) is 11.8 Å². The number of hydrogen-bond acceptors (Lipinski definition) is 5. The lowest BCUT2D eigenvalue weighted by molar-refractivity contribution is -0.115. The third kappa shape index (κ3) is 3.33. The van der Waals surface area contributed by atoms with Gasteiger partial charge in [-0.2, -0.15) is 0 Å². The predicted octanol–water partition coefficient (Wildman–Crippen LogP) is 3.87. The molecular formula is C22H22N2O4S. The number of rotatable bonds is 2. The lowest BCUT2D eigenvalue weighted by Crippen LogP contribution is -2.31. The summed E-state index contributed by atoms with van der Waals surface area (Å²) in [6.45, 7) is 3.70. The molecule has 1 saturated heterocycles. The van der Waals surface area contributed by atoms with E-state index in [1.165, 1.54) is 11.8 Å². The molecule has 3 aliphatic rings. The molecule has 29 heavy (non-hydrogen) atoms. The Kier molecular flexibility index (Phi) is 4.62. The van der Waals surface area contributed by atoms with Crippen molar-refractivity contribution in [2.75, 3.05) is 25.1 Å². The number of amides is 2. The van der Waals surface area contributed by atoms with Gasteiger partial charge in [0.1, 0.15) is 13.2 Å². The number of fused-ring (bicyclic) bond motifs is 2. The van der Waals surface area contributed by atoms with E-state index in [1.807, 2.05) is 42.2 Å². The average Bonchev–Trinajstić information content (AvgIpc) is 3.23. The summed E-state index contributed by atoms with van der Waals surface area (Å²) >= 11 is 1.52. The Morgan fingerprint density at radius 2 is 1.97 bits per heavy atom. The fourth-order valence-corrected chi connectivity index (χ4v) is 5.06. The number of nitrogens with one attached hydrogen (secondary N) is 1. The first-order valence-corrected chi connectivity index (χ1v) is 10.8. The molecule has 3 heterocycles. The third-order valence-corrected chi connectivity index (χ3v) is 6.80. The Balaban J connectivity index is 1.41. The highest BCUT2D eigenvalue weighted by molar-refractivity contribution is 8.00. The SMILES string of the molecule is C[C@H]1Sc2ccc(C(=O)N3CCC[C@@H]3c3ccc4c(c3)OCCO4)cc2NC1=O. The fourth-order valence-electron chi connectivity index (χ4n) is 4.13. The quantitative estimate of drug-likeness (QED) is 0.814. The lowest BCUT2D eigenvalue weighted by Gasteiger charge is -2.27. The van der Waals surface area contributed by atoms with E-state index in [9.17, 15) is 9.59 Å². The zero-order valence-corrected chi connectivity index (χ0v) is 17.0. The van der Waals surface area contributed by atoms with E-state index >= 15 is 0 Å². The number of likely N-dealkylation sites (tertiary alicyclic amines) is 1. The summed E-state index contributed by atoms with van der Waals surface area (Å²) in [5.74, 6) is 1.47. The largest absolute Gasteiger partial charge is 0.486 e. The van der Waals surface area contributed by atoms with Crippen molar-refractivity contribution in [3.05, 3.63) is 47.5 Å². The minimum Gasteiger partial charge on any atom is -0.486 e. The Hall–Kier alpha value is -2.67. The summed E-state index contributed by atoms with van der Waals surface area (Å²) < 4.78 is 11.3. The second-order valence-corrected chi connectivity index (χ2v) is 8.90. The molecule has 150 valence electrons. The van der Waals surface area contributed by atoms with Gasteiger partial charge < -0.3 is 19.7 Å². The summed E-state index contributed by atoms with van der Waals surface area (Å²) in [4.78, 5) is 28.2. The van der Waals surface area contributed by atoms with Crippen molar-refractivity contribution >= 4 is 29.3 Å². The molecule has 2 amide bonds. The molecule has 2 aromatic rings. The molecule has 0 unspecified atom stereocenters. The number of carbonyl (C=O) groups excluding carboxylic acids is 2. The van der Waals surface area contributed by atoms with E-state index in [4.69, 9.17) is 9.47 Å². The van der Waals surface area contributed by atoms with Gasteiger partial charge in [-0.1, -0.05) is 6.07 Å². The molecule has 0 spiro atoms. The molecule has 0 bridgehead atoms. The Labute approximate surface area is 173 Å². The van der Waals surface area contributed by atoms with Crippen LogP contribution in [-0.4, -0.2) is 41.7 Å². The van der Waals surface area contributed by atoms with Gasteiger partial charge in [0.15, 0.2) is 11.5 Å². The maximum atomic E-state index is 13.3. The van der Waals surface area contributed by atoms with E-state index in [1.54, 1.807) is 6.07 Å². The number of ether oxygens (including phenoxy) is 2. The molecule has 0 aromatic heterocycles. The summed E-state index contributed by atoms with van der Waals surface area (Å²) in [6.07, 6.45) is 1.88. The topological polar surface area (TPSA) is 67.9 Å². The van der Waals surface area contributed by atoms with Gasteiger partial charge in [-0.05, 0) is 55.7 Å². The Morgan fingerprint density at radius 3 is 2.83 bits per heavy atom. The van der Waals surface area contributed by atoms with Gasteiger partial charge in [0, 0.05) is 17.0 Å². The van der Waals surface area contributed by atoms with Gasteiger partial charge in [0.25, 0.3) is 5.91 Å². The molecule has 1 fully saturated rings. The van der Waals surface area contributed by atoms with E-state index < -0.39 is 0 Å². The maximum absolute atomic E-state index is 13.3. The van der Waals surface area contributed by atoms with Crippen molar-refractivity contribution < 1.29 is 19.1 Å². The monoisotopic (exact) mass is 410 g/mol. The van der Waals surface area contributed by atoms with E-state index in [0.717, 1.165) is 40.5 Å². The van der Waals surface area contributed by atoms with Crippen LogP contribution < -0.4 is 14.8 Å². The van der Waals surface area contributed by atoms with Gasteiger partial charge in [0.2, 0.25) is 5.91 Å². The Bertz CT molecular complexity index is 993. The van der Waals surface area contributed by atoms with E-state index in [2.05, 4.69) is 5.32 Å². The van der Waals surface area contributed by atoms with Gasteiger partial charge in [-0.25, -0.2) is 0 Å². The normalized spacial score (nSPS) is 22.8. The molecule has 0 radical (unpaired) electrons. The standard InChI is InChI=1S/C22H22N2O4S/c1-13-21(25)23-16-11-15(5-7-20(16)29-13)22(26)24-8-2-3-17(24)14-4-6-18-19(12-14)28-10-9-27-18/h4-7,11-13,17H,2-3,8-10H2,1H3,(H,23,25)/t13-,17-/m1/s1. The molecule has 5 rings (SSSR count). The van der Waals surface area contributed by atoms with Crippen molar-refractivity contribution in [1.29, 1.82) is 0 Å². The molecule has 2 atom stereocenters. The van der Waals surface area contributed by atoms with Gasteiger partial charge in [-0.3, -0.25) is 9.59 Å². The van der Waals surface area contributed by atoms with Crippen LogP contribution in [-0.2, 0) is 4.79 Å². The van der Waals surface area contributed by atoms with Crippen molar-refractivity contribution in [1.82, 2.24) is 4.90 Å². The molecule has 2 aromatic carbocycles. The highest BCUT2D eigenvalue weighted by Gasteiger charge is 2.32. The first-order valence-electron chi connectivity index (χ1n) is 9.92. The smallest absolute Gasteiger partial charge is 0.254 e. The van der Waals surface area contributed by atoms with E-state index in [-0.39, 0.29) is 23.1 Å². The first kappa shape index (κ1) is 18.4. The zero-order chi connectivity index (χ0) is 20.0. The molecule has 3 aliphatic heterocycles. The molecule has 1 N–H and O–H groups in total. The molecule has 7 heteroatoms. The van der Waals surface area contributed by atoms with Crippen LogP contribution in [0.2, 0.25) is 0 Å². The van der Waals surface area contributed by atoms with Crippen LogP contribution >= 0.6 is 11.8 Å². The highest BCUT2D eigenvalue weighted by Crippen LogP contribution is 2.40. The van der Waals surface area contributed by atoms with Crippen LogP contribution in [0.25, 0.3) is 0 Å². The molecule has 0 aliphatic carbocycles. The number of benzene rings is 2. The van der Waals surface area contributed by atoms with Gasteiger partial charge in [0.05, 0.1) is 17.0 Å². The van der Waals surface area contributed by atoms with Crippen LogP contribution in [0, 0.1) is 0 Å². The van der Waals surface area contributed by atoms with Crippen molar-refractivity contribution in [2.45, 2.75) is 36.0 Å². The number of hydrogen-bond donors (Lipinski definition) is 1. The number of carbonyl (C=O) groups is 2. The van der Waals surface area contributed by atoms with Crippen LogP contribution in [0.15, 0.2) is 41.3 Å². The zero-order valence-electron chi connectivity index (χ0n) is 16.1. The van der Waals surface area contributed by atoms with Crippen LogP contribution in [0.5, 0.6) is 11.5 Å². The summed E-state index contributed by atoms with van der Waals surface area (Å²) in [6, 6.07) is 11.5. The summed E-state index contributed by atoms with van der Waals surface area (Å²) in [5.41, 5.74) is 2.39. The minimum absolute atomic E-state index is 0.0111. The van der Waals surface area contributed by atoms with Crippen LogP contribution in [0.4, 0.5) is 5.69 Å². The predicted molar refractivity (Wildman–Crippen MR) is 111 cm³/mol. The average molecular weight is 410 g/mol. The maximum Gasteiger partial charge on any atom is 0.254 e. The van der Waals surface area contributed by atoms with Crippen molar-refractivity contribution in [3.63, 3.8) is 0 Å². The van der Waals surface area contributed by atoms with Crippen LogP contribution in [0.3, 0.4) is 0 Å². The number of anilines is 1. The fraction of sp³-hybridized carbons (Fsp3) is 0.364.